The quantitative estimate of drug-likeness (QED) is 0.366. The Hall–Kier alpha value is -2.55. The minimum Gasteiger partial charge on any atom is -0.331 e. The fraction of sp³-hybridized carbons (Fsp3) is 0.417. The zero-order chi connectivity index (χ0) is 15.5. The van der Waals surface area contributed by atoms with E-state index in [-0.39, 0.29) is 5.56 Å². The van der Waals surface area contributed by atoms with Gasteiger partial charge in [-0.25, -0.2) is 4.79 Å². The fourth-order valence-electron chi connectivity index (χ4n) is 2.16. The van der Waals surface area contributed by atoms with Crippen molar-refractivity contribution in [2.45, 2.75) is 24.7 Å². The lowest BCUT2D eigenvalue weighted by molar-refractivity contribution is -0.858. The lowest BCUT2D eigenvalue weighted by atomic mass is 10.1. The van der Waals surface area contributed by atoms with Crippen LogP contribution in [-0.2, 0) is 15.4 Å². The second-order valence-corrected chi connectivity index (χ2v) is 4.56. The highest BCUT2D eigenvalue weighted by atomic mass is 16.8. The van der Waals surface area contributed by atoms with Crippen molar-refractivity contribution in [3.05, 3.63) is 56.1 Å². The van der Waals surface area contributed by atoms with E-state index in [1.54, 1.807) is 6.07 Å². The molecule has 1 atom stereocenters. The Kier molecular flexibility index (Phi) is 4.13. The first-order valence-corrected chi connectivity index (χ1v) is 6.29. The molecule has 1 fully saturated rings. The minimum absolute atomic E-state index is 0.314. The Morgan fingerprint density at radius 3 is 2.33 bits per heavy atom. The van der Waals surface area contributed by atoms with E-state index in [4.69, 9.17) is 4.74 Å². The number of nitrogens with one attached hydrogen (secondary N) is 1. The van der Waals surface area contributed by atoms with Gasteiger partial charge in [0.25, 0.3) is 0 Å². The Bertz CT molecular complexity index is 541. The van der Waals surface area contributed by atoms with Gasteiger partial charge in [-0.3, -0.25) is 20.2 Å². The number of carbonyl (C=O) groups excluding carboxylic acids is 1. The van der Waals surface area contributed by atoms with Crippen LogP contribution in [0.2, 0.25) is 0 Å². The van der Waals surface area contributed by atoms with Gasteiger partial charge in [0.15, 0.2) is 5.56 Å². The summed E-state index contributed by atoms with van der Waals surface area (Å²) in [6.45, 7) is 0.565. The predicted octanol–water partition coefficient (Wildman–Crippen LogP) is 0.645. The summed E-state index contributed by atoms with van der Waals surface area (Å²) in [6, 6.07) is 5.96. The van der Waals surface area contributed by atoms with E-state index in [9.17, 15) is 25.0 Å². The molecule has 0 unspecified atom stereocenters. The van der Waals surface area contributed by atoms with E-state index in [1.165, 1.54) is 24.3 Å². The number of rotatable bonds is 5. The number of carbonyl (C=O) groups is 1. The molecule has 112 valence electrons. The molecule has 1 N–H and O–H groups in total. The largest absolute Gasteiger partial charge is 0.651 e. The Morgan fingerprint density at radius 2 is 1.86 bits per heavy atom. The summed E-state index contributed by atoms with van der Waals surface area (Å²) in [5.74, 6) is -4.12. The van der Waals surface area contributed by atoms with Crippen LogP contribution in [0, 0.1) is 20.2 Å². The van der Waals surface area contributed by atoms with E-state index in [0.29, 0.717) is 19.4 Å². The number of nitro groups is 2. The van der Waals surface area contributed by atoms with Crippen molar-refractivity contribution >= 4 is 5.97 Å². The third-order valence-electron chi connectivity index (χ3n) is 3.23. The first-order chi connectivity index (χ1) is 9.98. The lowest BCUT2D eigenvalue weighted by Crippen LogP contribution is -2.50. The number of esters is 1. The molecule has 0 aliphatic carbocycles. The summed E-state index contributed by atoms with van der Waals surface area (Å²) in [5.41, 5.74) is -0.314. The lowest BCUT2D eigenvalue weighted by Gasteiger charge is -2.18. The Balaban J connectivity index is 2.38. The van der Waals surface area contributed by atoms with Gasteiger partial charge in [0.2, 0.25) is 0 Å². The highest BCUT2D eigenvalue weighted by molar-refractivity contribution is 5.76. The first kappa shape index (κ1) is 14.9. The molecule has 0 saturated carbocycles. The van der Waals surface area contributed by atoms with Crippen LogP contribution in [0.5, 0.6) is 0 Å². The van der Waals surface area contributed by atoms with E-state index >= 15 is 0 Å². The van der Waals surface area contributed by atoms with Crippen LogP contribution in [0.4, 0.5) is 0 Å². The molecule has 9 nitrogen and oxygen atoms in total. The number of hydrogen-bond acceptors (Lipinski definition) is 7. The van der Waals surface area contributed by atoms with Crippen molar-refractivity contribution in [1.82, 2.24) is 5.32 Å². The first-order valence-electron chi connectivity index (χ1n) is 6.29. The number of hydrogen-bond donors (Lipinski definition) is 1. The molecular formula is C12H13N3O6. The molecule has 0 aromatic heterocycles. The van der Waals surface area contributed by atoms with Gasteiger partial charge in [-0.1, -0.05) is 18.2 Å². The molecule has 1 aromatic rings. The summed E-state index contributed by atoms with van der Waals surface area (Å²) >= 11 is 0. The maximum Gasteiger partial charge on any atom is 0.651 e. The van der Waals surface area contributed by atoms with Gasteiger partial charge in [-0.15, -0.1) is 0 Å². The van der Waals surface area contributed by atoms with Crippen molar-refractivity contribution in [3.63, 3.8) is 0 Å². The van der Waals surface area contributed by atoms with Gasteiger partial charge < -0.3 is 10.1 Å². The summed E-state index contributed by atoms with van der Waals surface area (Å²) < 4.78 is 4.73. The molecule has 1 saturated heterocycles. The molecule has 1 aliphatic rings. The second-order valence-electron chi connectivity index (χ2n) is 4.56. The standard InChI is InChI=1S/C12H13N3O6/c16-11(10-7-4-8-13-10)21-12(14(17)18,15(19)20)9-5-2-1-3-6-9/h1-3,5-6,10,13H,4,7-8H2/t10-/m0/s1. The zero-order valence-corrected chi connectivity index (χ0v) is 10.9. The molecular weight excluding hydrogens is 282 g/mol. The van der Waals surface area contributed by atoms with Gasteiger partial charge >= 0.3 is 11.8 Å². The van der Waals surface area contributed by atoms with Gasteiger partial charge in [0.05, 0.1) is 0 Å². The monoisotopic (exact) mass is 295 g/mol. The predicted molar refractivity (Wildman–Crippen MR) is 69.2 cm³/mol. The van der Waals surface area contributed by atoms with Crippen LogP contribution in [0.1, 0.15) is 18.4 Å². The molecule has 0 amide bonds. The third-order valence-corrected chi connectivity index (χ3v) is 3.23. The minimum atomic E-state index is -3.12. The molecule has 0 bridgehead atoms. The summed E-state index contributed by atoms with van der Waals surface area (Å²) in [7, 11) is 0. The summed E-state index contributed by atoms with van der Waals surface area (Å²) in [5, 5.41) is 25.3. The van der Waals surface area contributed by atoms with E-state index in [2.05, 4.69) is 5.32 Å². The average Bonchev–Trinajstić information content (AvgIpc) is 2.99. The SMILES string of the molecule is O=C(OC(c1ccccc1)([N+](=O)[O-])[N+](=O)[O-])[C@@H]1CCCN1. The van der Waals surface area contributed by atoms with Crippen LogP contribution in [0.15, 0.2) is 30.3 Å². The maximum atomic E-state index is 11.9. The molecule has 21 heavy (non-hydrogen) atoms. The van der Waals surface area contributed by atoms with E-state index in [1.807, 2.05) is 0 Å². The molecule has 9 heteroatoms. The highest BCUT2D eigenvalue weighted by Crippen LogP contribution is 2.28. The third kappa shape index (κ3) is 2.68. The van der Waals surface area contributed by atoms with Gasteiger partial charge in [0, 0.05) is 0 Å². The molecule has 0 spiro atoms. The van der Waals surface area contributed by atoms with Crippen molar-refractivity contribution < 1.29 is 19.4 Å². The van der Waals surface area contributed by atoms with Crippen molar-refractivity contribution in [3.8, 4) is 0 Å². The summed E-state index contributed by atoms with van der Waals surface area (Å²) in [6.07, 6.45) is 1.13. The van der Waals surface area contributed by atoms with Crippen LogP contribution < -0.4 is 5.32 Å². The number of benzene rings is 1. The van der Waals surface area contributed by atoms with Crippen molar-refractivity contribution in [2.24, 2.45) is 0 Å². The zero-order valence-electron chi connectivity index (χ0n) is 10.9. The number of ether oxygens (including phenoxy) is 1. The molecule has 2 rings (SSSR count). The molecule has 1 heterocycles. The van der Waals surface area contributed by atoms with Crippen LogP contribution in [0.3, 0.4) is 0 Å². The maximum absolute atomic E-state index is 11.9. The highest BCUT2D eigenvalue weighted by Gasteiger charge is 2.64. The fourth-order valence-corrected chi connectivity index (χ4v) is 2.16. The van der Waals surface area contributed by atoms with Crippen LogP contribution >= 0.6 is 0 Å². The topological polar surface area (TPSA) is 125 Å². The average molecular weight is 295 g/mol. The molecule has 1 aromatic carbocycles. The molecule has 0 radical (unpaired) electrons. The van der Waals surface area contributed by atoms with Gasteiger partial charge in [-0.05, 0) is 31.5 Å². The van der Waals surface area contributed by atoms with Crippen molar-refractivity contribution in [1.29, 1.82) is 0 Å². The summed E-state index contributed by atoms with van der Waals surface area (Å²) in [4.78, 5) is 32.1. The normalized spacial score (nSPS) is 18.2. The van der Waals surface area contributed by atoms with E-state index < -0.39 is 27.7 Å². The smallest absolute Gasteiger partial charge is 0.331 e. The van der Waals surface area contributed by atoms with Crippen LogP contribution in [0.25, 0.3) is 0 Å². The van der Waals surface area contributed by atoms with Crippen LogP contribution in [-0.4, -0.2) is 28.4 Å². The Morgan fingerprint density at radius 1 is 1.24 bits per heavy atom. The second kappa shape index (κ2) is 5.83. The van der Waals surface area contributed by atoms with E-state index in [0.717, 1.165) is 0 Å². The van der Waals surface area contributed by atoms with Crippen molar-refractivity contribution in [2.75, 3.05) is 6.54 Å². The van der Waals surface area contributed by atoms with Gasteiger partial charge in [-0.2, -0.15) is 0 Å². The number of nitrogens with zero attached hydrogens (tertiary/aromatic N) is 2. The Labute approximate surface area is 119 Å². The van der Waals surface area contributed by atoms with Gasteiger partial charge in [0.1, 0.15) is 15.9 Å². The molecule has 1 aliphatic heterocycles.